The molecule has 4 saturated carbocycles. The van der Waals surface area contributed by atoms with E-state index in [4.69, 9.17) is 28.4 Å². The number of hydrogen-bond donors (Lipinski definition) is 0. The first kappa shape index (κ1) is 44.7. The van der Waals surface area contributed by atoms with Gasteiger partial charge in [-0.2, -0.15) is 0 Å². The summed E-state index contributed by atoms with van der Waals surface area (Å²) in [6.45, 7) is 23.6. The minimum atomic E-state index is -1.28. The first-order valence-electron chi connectivity index (χ1n) is 21.0. The van der Waals surface area contributed by atoms with Crippen molar-refractivity contribution >= 4 is 35.8 Å². The number of hydrogen-bond acceptors (Lipinski definition) is 12. The summed E-state index contributed by atoms with van der Waals surface area (Å²) >= 11 is 0. The molecule has 0 amide bonds. The average Bonchev–Trinajstić information content (AvgIpc) is 3.09. The number of rotatable bonds is 10. The van der Waals surface area contributed by atoms with Gasteiger partial charge >= 0.3 is 35.8 Å². The van der Waals surface area contributed by atoms with Gasteiger partial charge in [0, 0.05) is 45.4 Å². The van der Waals surface area contributed by atoms with Crippen molar-refractivity contribution in [1.29, 1.82) is 0 Å². The molecule has 13 atom stereocenters. The molecular formula is C45H68O12. The number of esters is 6. The fourth-order valence-corrected chi connectivity index (χ4v) is 13.0. The number of fused-ring (bicyclic) bond motifs is 7. The Kier molecular flexibility index (Phi) is 12.2. The highest BCUT2D eigenvalue weighted by Gasteiger charge is 2.75. The predicted octanol–water partition coefficient (Wildman–Crippen LogP) is 7.48. The van der Waals surface area contributed by atoms with Crippen LogP contribution in [-0.2, 0) is 57.2 Å². The molecule has 0 N–H and O–H groups in total. The third-order valence-electron chi connectivity index (χ3n) is 16.1. The molecule has 0 spiro atoms. The Balaban J connectivity index is 1.71. The van der Waals surface area contributed by atoms with Crippen molar-refractivity contribution in [2.75, 3.05) is 13.2 Å². The second-order valence-electron chi connectivity index (χ2n) is 19.9. The molecule has 0 aromatic heterocycles. The Morgan fingerprint density at radius 2 is 1.26 bits per heavy atom. The van der Waals surface area contributed by atoms with Crippen molar-refractivity contribution in [3.8, 4) is 0 Å². The minimum Gasteiger partial charge on any atom is -0.465 e. The van der Waals surface area contributed by atoms with Gasteiger partial charge in [0.1, 0.15) is 31.5 Å². The molecule has 57 heavy (non-hydrogen) atoms. The Labute approximate surface area is 339 Å². The van der Waals surface area contributed by atoms with Gasteiger partial charge in [-0.15, -0.1) is 0 Å². The molecule has 0 aromatic rings. The van der Waals surface area contributed by atoms with E-state index < -0.39 is 81.8 Å². The second kappa shape index (κ2) is 15.6. The van der Waals surface area contributed by atoms with Crippen molar-refractivity contribution in [1.82, 2.24) is 0 Å². The number of ether oxygens (including phenoxy) is 6. The first-order chi connectivity index (χ1) is 26.3. The van der Waals surface area contributed by atoms with Gasteiger partial charge in [0.15, 0.2) is 6.10 Å². The van der Waals surface area contributed by atoms with E-state index in [2.05, 4.69) is 33.8 Å². The van der Waals surface area contributed by atoms with Crippen molar-refractivity contribution in [3.05, 3.63) is 11.6 Å². The molecule has 320 valence electrons. The zero-order chi connectivity index (χ0) is 42.7. The van der Waals surface area contributed by atoms with E-state index in [0.717, 1.165) is 31.3 Å². The molecule has 0 bridgehead atoms. The molecule has 5 rings (SSSR count). The minimum absolute atomic E-state index is 0.0675. The van der Waals surface area contributed by atoms with Crippen molar-refractivity contribution in [3.63, 3.8) is 0 Å². The van der Waals surface area contributed by atoms with Crippen LogP contribution in [0.1, 0.15) is 141 Å². The Bertz CT molecular complexity index is 1670. The van der Waals surface area contributed by atoms with E-state index in [-0.39, 0.29) is 47.8 Å². The van der Waals surface area contributed by atoms with Crippen molar-refractivity contribution < 1.29 is 57.2 Å². The molecule has 0 aliphatic heterocycles. The summed E-state index contributed by atoms with van der Waals surface area (Å²) in [6.07, 6.45) is 4.18. The van der Waals surface area contributed by atoms with Crippen LogP contribution >= 0.6 is 0 Å². The van der Waals surface area contributed by atoms with Crippen molar-refractivity contribution in [2.45, 2.75) is 166 Å². The van der Waals surface area contributed by atoms with Gasteiger partial charge in [-0.3, -0.25) is 28.8 Å². The quantitative estimate of drug-likeness (QED) is 0.122. The van der Waals surface area contributed by atoms with E-state index in [1.165, 1.54) is 34.6 Å². The molecule has 12 heteroatoms. The molecule has 4 fully saturated rings. The lowest BCUT2D eigenvalue weighted by Gasteiger charge is -2.72. The molecule has 5 aliphatic carbocycles. The van der Waals surface area contributed by atoms with Crippen LogP contribution in [0.25, 0.3) is 0 Å². The van der Waals surface area contributed by atoms with Crippen LogP contribution in [0.4, 0.5) is 0 Å². The van der Waals surface area contributed by atoms with Crippen LogP contribution in [0.3, 0.4) is 0 Å². The summed E-state index contributed by atoms with van der Waals surface area (Å²) in [6, 6.07) is 0. The largest absolute Gasteiger partial charge is 0.465 e. The van der Waals surface area contributed by atoms with Gasteiger partial charge in [0.05, 0.1) is 11.3 Å². The Morgan fingerprint density at radius 3 is 1.82 bits per heavy atom. The molecule has 12 nitrogen and oxygen atoms in total. The second-order valence-corrected chi connectivity index (χ2v) is 19.9. The van der Waals surface area contributed by atoms with Crippen LogP contribution in [0.2, 0.25) is 0 Å². The van der Waals surface area contributed by atoms with Gasteiger partial charge in [-0.1, -0.05) is 67.0 Å². The lowest BCUT2D eigenvalue weighted by Crippen LogP contribution is -2.73. The van der Waals surface area contributed by atoms with E-state index in [1.807, 2.05) is 20.8 Å². The highest BCUT2D eigenvalue weighted by molar-refractivity contribution is 5.73. The smallest absolute Gasteiger partial charge is 0.309 e. The average molecular weight is 801 g/mol. The number of allylic oxidation sites excluding steroid dienone is 2. The zero-order valence-corrected chi connectivity index (χ0v) is 36.7. The van der Waals surface area contributed by atoms with Gasteiger partial charge in [0.2, 0.25) is 0 Å². The van der Waals surface area contributed by atoms with Gasteiger partial charge in [-0.05, 0) is 85.4 Å². The highest BCUT2D eigenvalue weighted by Crippen LogP contribution is 2.76. The molecular weight excluding hydrogens is 732 g/mol. The molecule has 0 aromatic carbocycles. The maximum Gasteiger partial charge on any atom is 0.309 e. The summed E-state index contributed by atoms with van der Waals surface area (Å²) in [7, 11) is 0. The summed E-state index contributed by atoms with van der Waals surface area (Å²) in [5.41, 5.74) is -2.56. The lowest BCUT2D eigenvalue weighted by atomic mass is 9.33. The monoisotopic (exact) mass is 800 g/mol. The summed E-state index contributed by atoms with van der Waals surface area (Å²) < 4.78 is 36.7. The first-order valence-corrected chi connectivity index (χ1v) is 21.0. The van der Waals surface area contributed by atoms with E-state index in [1.54, 1.807) is 6.92 Å². The zero-order valence-electron chi connectivity index (χ0n) is 36.7. The van der Waals surface area contributed by atoms with Gasteiger partial charge < -0.3 is 28.4 Å². The standard InChI is InChI=1S/C45H68O12/c1-14-25(2)39(51)57-37-38(56-30(7)50)45(24-53-27(4)47)32(21-40(37,8)9)31-15-16-34-41(10)19-18-35(54-28(5)48)42(11,23-52-26(3)46)33(41)17-20-43(34,12)44(31,13)22-36(45)55-29(6)49/h15,25,32-38H,14,16-24H2,1-13H3/t25-,32-,33+,34+,35-,36-,37-,38-,41-,42-,43+,44+,45-/m0/s1. The predicted molar refractivity (Wildman–Crippen MR) is 209 cm³/mol. The van der Waals surface area contributed by atoms with E-state index in [0.29, 0.717) is 25.7 Å². The third kappa shape index (κ3) is 7.42. The third-order valence-corrected chi connectivity index (χ3v) is 16.1. The SMILES string of the molecule is CC[C@H](C)C(=O)O[C@H]1[C@H](OC(C)=O)[C@]2(COC(C)=O)[C@@H](OC(C)=O)C[C@]3(C)C(=CC[C@@H]4[C@@]5(C)CC[C@H](OC(C)=O)[C@@](C)(COC(C)=O)[C@@H]5CC[C@]43C)[C@@H]2CC1(C)C. The number of carbonyl (C=O) groups excluding carboxylic acids is 6. The fraction of sp³-hybridized carbons (Fsp3) is 0.822. The molecule has 0 unspecified atom stereocenters. The van der Waals surface area contributed by atoms with Crippen LogP contribution < -0.4 is 0 Å². The normalized spacial score (nSPS) is 40.9. The summed E-state index contributed by atoms with van der Waals surface area (Å²) in [5.74, 6) is -3.37. The topological polar surface area (TPSA) is 158 Å². The Morgan fingerprint density at radius 1 is 0.684 bits per heavy atom. The molecule has 5 aliphatic rings. The van der Waals surface area contributed by atoms with Crippen LogP contribution in [0.5, 0.6) is 0 Å². The fourth-order valence-electron chi connectivity index (χ4n) is 13.0. The van der Waals surface area contributed by atoms with Gasteiger partial charge in [0.25, 0.3) is 0 Å². The summed E-state index contributed by atoms with van der Waals surface area (Å²) in [5, 5.41) is 0. The molecule has 0 saturated heterocycles. The summed E-state index contributed by atoms with van der Waals surface area (Å²) in [4.78, 5) is 77.3. The van der Waals surface area contributed by atoms with Crippen LogP contribution in [0.15, 0.2) is 11.6 Å². The van der Waals surface area contributed by atoms with E-state index >= 15 is 0 Å². The van der Waals surface area contributed by atoms with Crippen LogP contribution in [0, 0.1) is 56.2 Å². The van der Waals surface area contributed by atoms with Crippen LogP contribution in [-0.4, -0.2) is 73.4 Å². The highest BCUT2D eigenvalue weighted by atomic mass is 16.6. The molecule has 0 heterocycles. The number of carbonyl (C=O) groups is 6. The van der Waals surface area contributed by atoms with E-state index in [9.17, 15) is 28.8 Å². The lowest BCUT2D eigenvalue weighted by molar-refractivity contribution is -0.272. The maximum absolute atomic E-state index is 13.6. The van der Waals surface area contributed by atoms with Crippen molar-refractivity contribution in [2.24, 2.45) is 56.2 Å². The Hall–Kier alpha value is -3.44. The molecule has 0 radical (unpaired) electrons. The van der Waals surface area contributed by atoms with Gasteiger partial charge in [-0.25, -0.2) is 0 Å². The maximum atomic E-state index is 13.6.